The molecule has 0 unspecified atom stereocenters. The van der Waals surface area contributed by atoms with Gasteiger partial charge in [0, 0.05) is 50.8 Å². The van der Waals surface area contributed by atoms with E-state index in [1.807, 2.05) is 20.2 Å². The van der Waals surface area contributed by atoms with Gasteiger partial charge in [-0.2, -0.15) is 8.42 Å². The Balaban J connectivity index is 1.64. The third kappa shape index (κ3) is 4.68. The Morgan fingerprint density at radius 1 is 1.19 bits per heavy atom. The maximum Gasteiger partial charge on any atom is 0.290 e. The van der Waals surface area contributed by atoms with Crippen LogP contribution in [0, 0.1) is 6.92 Å². The van der Waals surface area contributed by atoms with Crippen molar-refractivity contribution in [1.82, 2.24) is 19.9 Å². The maximum absolute atomic E-state index is 12.9. The first kappa shape index (κ1) is 19.0. The molecule has 0 bridgehead atoms. The van der Waals surface area contributed by atoms with Crippen molar-refractivity contribution in [3.8, 4) is 0 Å². The van der Waals surface area contributed by atoms with Crippen molar-refractivity contribution in [3.05, 3.63) is 41.7 Å². The fourth-order valence-corrected chi connectivity index (χ4v) is 6.91. The number of aromatic nitrogens is 3. The molecule has 0 amide bonds. The highest BCUT2D eigenvalue weighted by atomic mass is 32.3. The summed E-state index contributed by atoms with van der Waals surface area (Å²) in [7, 11) is -4.83. The van der Waals surface area contributed by atoms with E-state index < -0.39 is 19.8 Å². The third-order valence-electron chi connectivity index (χ3n) is 4.34. The zero-order chi connectivity index (χ0) is 18.8. The zero-order valence-electron chi connectivity index (χ0n) is 14.9. The summed E-state index contributed by atoms with van der Waals surface area (Å²) in [5.74, 6) is 0.525. The molecule has 2 aromatic rings. The highest BCUT2D eigenvalue weighted by Crippen LogP contribution is 2.17. The lowest BCUT2D eigenvalue weighted by atomic mass is 10.2. The summed E-state index contributed by atoms with van der Waals surface area (Å²) in [5, 5.41) is 7.95. The van der Waals surface area contributed by atoms with Crippen molar-refractivity contribution in [1.29, 1.82) is 0 Å². The molecule has 3 rings (SSSR count). The molecule has 0 radical (unpaired) electrons. The van der Waals surface area contributed by atoms with E-state index in [0.29, 0.717) is 13.1 Å². The SMILES string of the molecule is Cc1ccc(S(=O)(=O)N=S2(=O)CCN(CCc3cn(C)nn3)CC2)cc1. The first-order valence-corrected chi connectivity index (χ1v) is 11.7. The van der Waals surface area contributed by atoms with Crippen molar-refractivity contribution in [3.63, 3.8) is 0 Å². The summed E-state index contributed by atoms with van der Waals surface area (Å²) >= 11 is 0. The minimum Gasteiger partial charge on any atom is -0.301 e. The van der Waals surface area contributed by atoms with E-state index in [-0.39, 0.29) is 16.4 Å². The number of aryl methyl sites for hydroxylation is 2. The predicted octanol–water partition coefficient (Wildman–Crippen LogP) is 0.839. The summed E-state index contributed by atoms with van der Waals surface area (Å²) in [6.07, 6.45) is 2.63. The van der Waals surface area contributed by atoms with Gasteiger partial charge in [0.2, 0.25) is 0 Å². The Bertz CT molecular complexity index is 975. The van der Waals surface area contributed by atoms with Crippen molar-refractivity contribution in [2.45, 2.75) is 18.2 Å². The highest BCUT2D eigenvalue weighted by molar-refractivity contribution is 8.03. The largest absolute Gasteiger partial charge is 0.301 e. The van der Waals surface area contributed by atoms with Crippen LogP contribution in [0.4, 0.5) is 0 Å². The zero-order valence-corrected chi connectivity index (χ0v) is 16.5. The third-order valence-corrected chi connectivity index (χ3v) is 8.72. The van der Waals surface area contributed by atoms with Gasteiger partial charge in [-0.3, -0.25) is 4.68 Å². The normalized spacial score (nSPS) is 17.9. The van der Waals surface area contributed by atoms with Crippen LogP contribution in [-0.4, -0.2) is 63.7 Å². The molecule has 2 heterocycles. The standard InChI is InChI=1S/C16H23N5O3S2/c1-14-3-5-16(6-4-14)26(23,24)19-25(22)11-9-21(10-12-25)8-7-15-13-20(2)18-17-15/h3-6,13H,7-12H2,1-2H3. The van der Waals surface area contributed by atoms with Crippen molar-refractivity contribution >= 4 is 19.8 Å². The second-order valence-corrected chi connectivity index (χ2v) is 10.9. The van der Waals surface area contributed by atoms with Gasteiger partial charge < -0.3 is 4.90 Å². The van der Waals surface area contributed by atoms with E-state index in [4.69, 9.17) is 0 Å². The van der Waals surface area contributed by atoms with Crippen molar-refractivity contribution in [2.75, 3.05) is 31.1 Å². The number of hydrogen-bond donors (Lipinski definition) is 0. The quantitative estimate of drug-likeness (QED) is 0.742. The predicted molar refractivity (Wildman–Crippen MR) is 99.8 cm³/mol. The van der Waals surface area contributed by atoms with E-state index >= 15 is 0 Å². The average molecular weight is 398 g/mol. The minimum absolute atomic E-state index is 0.0934. The fraction of sp³-hybridized carbons (Fsp3) is 0.500. The second kappa shape index (κ2) is 7.45. The number of hydrogen-bond acceptors (Lipinski definition) is 6. The summed E-state index contributed by atoms with van der Waals surface area (Å²) in [6.45, 7) is 3.78. The monoisotopic (exact) mass is 397 g/mol. The molecule has 8 nitrogen and oxygen atoms in total. The van der Waals surface area contributed by atoms with E-state index in [2.05, 4.69) is 19.0 Å². The van der Waals surface area contributed by atoms with E-state index in [0.717, 1.165) is 24.2 Å². The molecule has 1 fully saturated rings. The molecule has 1 aromatic heterocycles. The first-order chi connectivity index (χ1) is 12.3. The molecule has 1 aliphatic rings. The minimum atomic E-state index is -3.90. The lowest BCUT2D eigenvalue weighted by Gasteiger charge is -2.28. The van der Waals surface area contributed by atoms with Crippen LogP contribution in [0.3, 0.4) is 0 Å². The first-order valence-electron chi connectivity index (χ1n) is 8.39. The number of nitrogens with zero attached hydrogens (tertiary/aromatic N) is 5. The summed E-state index contributed by atoms with van der Waals surface area (Å²) < 4.78 is 43.2. The molecule has 10 heteroatoms. The molecule has 0 N–H and O–H groups in total. The smallest absolute Gasteiger partial charge is 0.290 e. The molecule has 1 aliphatic heterocycles. The Hall–Kier alpha value is -1.78. The Morgan fingerprint density at radius 2 is 1.85 bits per heavy atom. The van der Waals surface area contributed by atoms with Crippen molar-refractivity contribution < 1.29 is 12.6 Å². The molecule has 0 saturated carbocycles. The summed E-state index contributed by atoms with van der Waals surface area (Å²) in [5.41, 5.74) is 1.87. The van der Waals surface area contributed by atoms with Gasteiger partial charge in [0.1, 0.15) is 0 Å². The van der Waals surface area contributed by atoms with Crippen LogP contribution >= 0.6 is 0 Å². The van der Waals surface area contributed by atoms with Gasteiger partial charge in [0.05, 0.1) is 20.3 Å². The van der Waals surface area contributed by atoms with Gasteiger partial charge in [0.25, 0.3) is 10.0 Å². The molecule has 0 spiro atoms. The molecular weight excluding hydrogens is 374 g/mol. The number of benzene rings is 1. The van der Waals surface area contributed by atoms with Crippen LogP contribution in [0.25, 0.3) is 0 Å². The number of rotatable bonds is 5. The molecule has 26 heavy (non-hydrogen) atoms. The van der Waals surface area contributed by atoms with E-state index in [9.17, 15) is 12.6 Å². The topological polar surface area (TPSA) is 97.5 Å². The molecule has 0 aliphatic carbocycles. The van der Waals surface area contributed by atoms with E-state index in [1.165, 1.54) is 12.1 Å². The molecule has 142 valence electrons. The molecule has 1 aromatic carbocycles. The van der Waals surface area contributed by atoms with Crippen molar-refractivity contribution in [2.24, 2.45) is 10.8 Å². The van der Waals surface area contributed by atoms with Crippen LogP contribution in [0.1, 0.15) is 11.3 Å². The Labute approximate surface area is 154 Å². The van der Waals surface area contributed by atoms with Gasteiger partial charge in [-0.15, -0.1) is 8.87 Å². The Morgan fingerprint density at radius 3 is 2.42 bits per heavy atom. The molecule has 1 saturated heterocycles. The van der Waals surface area contributed by atoms with Gasteiger partial charge in [-0.05, 0) is 19.1 Å². The lowest BCUT2D eigenvalue weighted by molar-refractivity contribution is 0.301. The molecular formula is C16H23N5O3S2. The maximum atomic E-state index is 12.9. The summed E-state index contributed by atoms with van der Waals surface area (Å²) in [4.78, 5) is 2.25. The Kier molecular flexibility index (Phi) is 5.44. The van der Waals surface area contributed by atoms with Gasteiger partial charge in [0.15, 0.2) is 0 Å². The molecule has 0 atom stereocenters. The second-order valence-electron chi connectivity index (χ2n) is 6.52. The van der Waals surface area contributed by atoms with Gasteiger partial charge in [-0.1, -0.05) is 22.9 Å². The van der Waals surface area contributed by atoms with Crippen LogP contribution in [0.15, 0.2) is 39.1 Å². The fourth-order valence-electron chi connectivity index (χ4n) is 2.77. The van der Waals surface area contributed by atoms with E-state index in [1.54, 1.807) is 16.8 Å². The van der Waals surface area contributed by atoms with Crippen LogP contribution in [0.5, 0.6) is 0 Å². The highest BCUT2D eigenvalue weighted by Gasteiger charge is 2.24. The summed E-state index contributed by atoms with van der Waals surface area (Å²) in [6, 6.07) is 6.44. The van der Waals surface area contributed by atoms with Crippen LogP contribution < -0.4 is 0 Å². The van der Waals surface area contributed by atoms with Gasteiger partial charge >= 0.3 is 0 Å². The average Bonchev–Trinajstić information content (AvgIpc) is 2.99. The van der Waals surface area contributed by atoms with Gasteiger partial charge in [-0.25, -0.2) is 4.21 Å². The van der Waals surface area contributed by atoms with Crippen LogP contribution in [-0.2, 0) is 33.2 Å². The lowest BCUT2D eigenvalue weighted by Crippen LogP contribution is -2.41. The van der Waals surface area contributed by atoms with Crippen LogP contribution in [0.2, 0.25) is 0 Å². The number of sulfonamides is 1.